The Morgan fingerprint density at radius 1 is 0.367 bits per heavy atom. The summed E-state index contributed by atoms with van der Waals surface area (Å²) in [6.45, 7) is 0. The number of aromatic nitrogens is 6. The van der Waals surface area contributed by atoms with Crippen molar-refractivity contribution in [1.29, 1.82) is 0 Å². The molecule has 8 heteroatoms. The lowest BCUT2D eigenvalue weighted by Crippen LogP contribution is -1.98. The first kappa shape index (κ1) is 34.9. The summed E-state index contributed by atoms with van der Waals surface area (Å²) in [5.41, 5.74) is 14.5. The second kappa shape index (κ2) is 14.9. The van der Waals surface area contributed by atoms with Gasteiger partial charge in [0.25, 0.3) is 0 Å². The van der Waals surface area contributed by atoms with Crippen molar-refractivity contribution >= 4 is 44.1 Å². The van der Waals surface area contributed by atoms with Crippen LogP contribution in [0.25, 0.3) is 55.5 Å². The van der Waals surface area contributed by atoms with Gasteiger partial charge in [0.05, 0.1) is 57.0 Å². The molecule has 0 saturated heterocycles. The molecule has 0 aliphatic carbocycles. The fraction of sp³-hybridized carbons (Fsp3) is 0. The Kier molecular flexibility index (Phi) is 8.63. The van der Waals surface area contributed by atoms with Crippen LogP contribution in [0.5, 0.6) is 0 Å². The summed E-state index contributed by atoms with van der Waals surface area (Å²) in [5.74, 6) is 0. The van der Waals surface area contributed by atoms with Gasteiger partial charge in [-0.1, -0.05) is 60.7 Å². The lowest BCUT2D eigenvalue weighted by molar-refractivity contribution is 1.26. The van der Waals surface area contributed by atoms with Crippen LogP contribution in [0.15, 0.2) is 216 Å². The third-order valence-electron chi connectivity index (χ3n) is 10.9. The summed E-state index contributed by atoms with van der Waals surface area (Å²) in [6, 6.07) is 49.7. The Hall–Kier alpha value is -8.36. The summed E-state index contributed by atoms with van der Waals surface area (Å²) < 4.78 is 0. The molecule has 0 spiro atoms. The van der Waals surface area contributed by atoms with Crippen LogP contribution in [-0.4, -0.2) is 41.3 Å². The van der Waals surface area contributed by atoms with Gasteiger partial charge in [-0.25, -0.2) is 9.98 Å². The van der Waals surface area contributed by atoms with Crippen molar-refractivity contribution < 1.29 is 0 Å². The van der Waals surface area contributed by atoms with Crippen LogP contribution < -0.4 is 0 Å². The van der Waals surface area contributed by atoms with Crippen LogP contribution in [0.3, 0.4) is 0 Å². The fourth-order valence-electron chi connectivity index (χ4n) is 8.07. The molecule has 8 nitrogen and oxygen atoms in total. The van der Waals surface area contributed by atoms with Crippen molar-refractivity contribution in [1.82, 2.24) is 29.9 Å². The van der Waals surface area contributed by atoms with Crippen molar-refractivity contribution in [2.75, 3.05) is 0 Å². The number of aromatic amines is 2. The summed E-state index contributed by atoms with van der Waals surface area (Å²) >= 11 is 0. The lowest BCUT2D eigenvalue weighted by atomic mass is 9.89. The number of nitrogens with one attached hydrogen (secondary N) is 2. The van der Waals surface area contributed by atoms with Gasteiger partial charge in [0.15, 0.2) is 0 Å². The van der Waals surface area contributed by atoms with E-state index in [0.717, 1.165) is 112 Å². The second-order valence-electron chi connectivity index (χ2n) is 14.5. The molecule has 0 saturated carbocycles. The number of hydrogen-bond acceptors (Lipinski definition) is 6. The van der Waals surface area contributed by atoms with Crippen LogP contribution in [0.1, 0.15) is 33.9 Å². The van der Waals surface area contributed by atoms with Gasteiger partial charge in [0, 0.05) is 47.3 Å². The van der Waals surface area contributed by atoms with Crippen LogP contribution in [0, 0.1) is 0 Å². The Balaban J connectivity index is 1.13. The van der Waals surface area contributed by atoms with Gasteiger partial charge in [-0.15, -0.1) is 0 Å². The molecule has 2 aliphatic heterocycles. The Labute approximate surface area is 345 Å². The van der Waals surface area contributed by atoms with Crippen molar-refractivity contribution in [2.24, 2.45) is 9.98 Å². The minimum absolute atomic E-state index is 0.815. The molecule has 0 atom stereocenters. The van der Waals surface area contributed by atoms with E-state index in [2.05, 4.69) is 115 Å². The van der Waals surface area contributed by atoms with E-state index >= 15 is 0 Å². The highest BCUT2D eigenvalue weighted by Gasteiger charge is 2.23. The number of allylic oxidation sites excluding steroid dienone is 4. The zero-order valence-electron chi connectivity index (χ0n) is 32.2. The SMILES string of the molecule is C1=C/C(=C(\c2ccc(-c3ccccn3)[nH]2)c2cccc3cc4cccc(/C(=C5/C=CC(c6ccccn6)=N5)c5ccc(-c6ccccn6)[nH]5)c4cc23)N=C1c1ccccn1. The van der Waals surface area contributed by atoms with Crippen LogP contribution >= 0.6 is 0 Å². The molecule has 0 fully saturated rings. The first-order chi connectivity index (χ1) is 29.7. The number of H-pyrrole nitrogens is 2. The minimum Gasteiger partial charge on any atom is -0.353 e. The topological polar surface area (TPSA) is 108 Å². The van der Waals surface area contributed by atoms with Crippen LogP contribution in [-0.2, 0) is 0 Å². The largest absolute Gasteiger partial charge is 0.353 e. The van der Waals surface area contributed by atoms with Crippen molar-refractivity contribution in [3.05, 3.63) is 240 Å². The van der Waals surface area contributed by atoms with Crippen molar-refractivity contribution in [2.45, 2.75) is 0 Å². The highest BCUT2D eigenvalue weighted by atomic mass is 14.9. The van der Waals surface area contributed by atoms with E-state index in [1.54, 1.807) is 12.4 Å². The number of hydrogen-bond donors (Lipinski definition) is 2. The quantitative estimate of drug-likeness (QED) is 0.150. The van der Waals surface area contributed by atoms with E-state index in [0.29, 0.717) is 0 Å². The Morgan fingerprint density at radius 3 is 1.22 bits per heavy atom. The zero-order chi connectivity index (χ0) is 39.8. The van der Waals surface area contributed by atoms with Crippen molar-refractivity contribution in [3.8, 4) is 22.8 Å². The van der Waals surface area contributed by atoms with Crippen LogP contribution in [0.4, 0.5) is 0 Å². The summed E-state index contributed by atoms with van der Waals surface area (Å²) in [6.07, 6.45) is 15.5. The summed E-state index contributed by atoms with van der Waals surface area (Å²) in [4.78, 5) is 36.3. The molecule has 2 aliphatic rings. The number of nitrogens with zero attached hydrogens (tertiary/aromatic N) is 6. The number of benzene rings is 3. The normalized spacial score (nSPS) is 15.1. The molecule has 2 N–H and O–H groups in total. The highest BCUT2D eigenvalue weighted by Crippen LogP contribution is 2.40. The molecular weight excluding hydrogens is 737 g/mol. The fourth-order valence-corrected chi connectivity index (χ4v) is 8.07. The van der Waals surface area contributed by atoms with E-state index < -0.39 is 0 Å². The Bertz CT molecular complexity index is 3060. The van der Waals surface area contributed by atoms with Gasteiger partial charge in [-0.05, 0) is 142 Å². The predicted molar refractivity (Wildman–Crippen MR) is 241 cm³/mol. The van der Waals surface area contributed by atoms with E-state index in [-0.39, 0.29) is 0 Å². The number of fused-ring (bicyclic) bond motifs is 2. The maximum Gasteiger partial charge on any atom is 0.0894 e. The summed E-state index contributed by atoms with van der Waals surface area (Å²) in [7, 11) is 0. The average Bonchev–Trinajstić information content (AvgIpc) is 4.17. The molecule has 0 amide bonds. The lowest BCUT2D eigenvalue weighted by Gasteiger charge is -2.16. The summed E-state index contributed by atoms with van der Waals surface area (Å²) in [5, 5.41) is 4.41. The maximum atomic E-state index is 5.20. The smallest absolute Gasteiger partial charge is 0.0894 e. The first-order valence-electron chi connectivity index (χ1n) is 19.8. The monoisotopic (exact) mass is 770 g/mol. The minimum atomic E-state index is 0.815. The van der Waals surface area contributed by atoms with Gasteiger partial charge in [0.2, 0.25) is 0 Å². The molecular formula is C52H34N8. The molecule has 8 heterocycles. The standard InChI is InChI=1S/C52H34N8/c1-5-27-53-39(15-1)43-19-23-47(57-43)51(48-24-20-44(58-48)40-16-2-6-28-54-40)35-13-9-11-33-31-34-12-10-14-36(38(34)32-37(33)35)52(49-25-21-45(59-49)41-17-3-7-29-55-41)50-26-22-46(60-50)42-18-4-8-30-56-42/h1-32,57,59H/b51-48+,52-50+. The van der Waals surface area contributed by atoms with Crippen molar-refractivity contribution in [3.63, 3.8) is 0 Å². The predicted octanol–water partition coefficient (Wildman–Crippen LogP) is 11.2. The molecule has 0 bridgehead atoms. The van der Waals surface area contributed by atoms with E-state index in [4.69, 9.17) is 9.98 Å². The zero-order valence-corrected chi connectivity index (χ0v) is 32.2. The molecule has 9 aromatic rings. The Morgan fingerprint density at radius 2 is 0.800 bits per heavy atom. The molecule has 282 valence electrons. The highest BCUT2D eigenvalue weighted by molar-refractivity contribution is 6.14. The molecule has 0 radical (unpaired) electrons. The van der Waals surface area contributed by atoms with Gasteiger partial charge in [0.1, 0.15) is 0 Å². The van der Waals surface area contributed by atoms with Gasteiger partial charge in [-0.2, -0.15) is 0 Å². The van der Waals surface area contributed by atoms with Crippen LogP contribution in [0.2, 0.25) is 0 Å². The first-order valence-corrected chi connectivity index (χ1v) is 19.8. The molecule has 0 unspecified atom stereocenters. The third kappa shape index (κ3) is 6.38. The molecule has 6 aromatic heterocycles. The third-order valence-corrected chi connectivity index (χ3v) is 10.9. The number of aliphatic imine (C=N–C) groups is 2. The second-order valence-corrected chi connectivity index (χ2v) is 14.5. The van der Waals surface area contributed by atoms with E-state index in [1.165, 1.54) is 0 Å². The van der Waals surface area contributed by atoms with E-state index in [9.17, 15) is 0 Å². The van der Waals surface area contributed by atoms with Gasteiger partial charge in [-0.3, -0.25) is 19.9 Å². The van der Waals surface area contributed by atoms with Gasteiger partial charge < -0.3 is 9.97 Å². The molecule has 3 aromatic carbocycles. The number of rotatable bonds is 8. The average molecular weight is 771 g/mol. The number of pyridine rings is 4. The maximum absolute atomic E-state index is 5.20. The molecule has 11 rings (SSSR count). The van der Waals surface area contributed by atoms with E-state index in [1.807, 2.05) is 97.3 Å². The molecule has 60 heavy (non-hydrogen) atoms. The van der Waals surface area contributed by atoms with Gasteiger partial charge >= 0.3 is 0 Å².